The van der Waals surface area contributed by atoms with Crippen molar-refractivity contribution in [1.29, 1.82) is 0 Å². The topological polar surface area (TPSA) is 280 Å². The summed E-state index contributed by atoms with van der Waals surface area (Å²) < 4.78 is 96.8. The molecule has 0 bridgehead atoms. The molecule has 0 spiro atoms. The molecule has 6 atom stereocenters. The van der Waals surface area contributed by atoms with Gasteiger partial charge in [-0.05, 0) is 49.5 Å². The molecular formula is C31H36F6N10O11S3. The predicted octanol–water partition coefficient (Wildman–Crippen LogP) is -2.47. The Morgan fingerprint density at radius 3 is 1.34 bits per heavy atom. The van der Waals surface area contributed by atoms with Crippen molar-refractivity contribution in [2.75, 3.05) is 26.2 Å². The first-order valence-corrected chi connectivity index (χ1v) is 20.7. The van der Waals surface area contributed by atoms with Crippen LogP contribution in [0.5, 0.6) is 0 Å². The van der Waals surface area contributed by atoms with Crippen LogP contribution in [-0.2, 0) is 52.7 Å². The third-order valence-corrected chi connectivity index (χ3v) is 13.1. The van der Waals surface area contributed by atoms with Gasteiger partial charge < -0.3 is 45.1 Å². The number of nitrogens with zero attached hydrogens (tertiary/aromatic N) is 8. The van der Waals surface area contributed by atoms with E-state index in [0.29, 0.717) is 58.0 Å². The number of carbonyl (C=O) groups is 5. The van der Waals surface area contributed by atoms with Gasteiger partial charge in [0.1, 0.15) is 17.4 Å². The van der Waals surface area contributed by atoms with Gasteiger partial charge in [0.05, 0.1) is 40.3 Å². The second-order valence-corrected chi connectivity index (χ2v) is 17.5. The fourth-order valence-electron chi connectivity index (χ4n) is 7.82. The Bertz CT molecular complexity index is 2140. The van der Waals surface area contributed by atoms with Crippen LogP contribution in [0, 0.1) is 11.8 Å². The number of hydrogen-bond donors (Lipinski definition) is 4. The van der Waals surface area contributed by atoms with Gasteiger partial charge in [0.25, 0.3) is 22.9 Å². The van der Waals surface area contributed by atoms with Gasteiger partial charge >= 0.3 is 35.3 Å². The molecule has 4 unspecified atom stereocenters. The van der Waals surface area contributed by atoms with E-state index in [4.69, 9.17) is 22.9 Å². The molecule has 0 radical (unpaired) electrons. The number of piperidine rings is 2. The highest BCUT2D eigenvalue weighted by Gasteiger charge is 2.57. The largest absolute Gasteiger partial charge is 0.741 e. The van der Waals surface area contributed by atoms with E-state index in [2.05, 4.69) is 20.8 Å². The Kier molecular flexibility index (Phi) is 13.6. The van der Waals surface area contributed by atoms with Crippen LogP contribution in [0.25, 0.3) is 0 Å². The highest BCUT2D eigenvalue weighted by atomic mass is 32.2. The third kappa shape index (κ3) is 9.51. The number of halogens is 6. The van der Waals surface area contributed by atoms with Crippen LogP contribution in [0.3, 0.4) is 0 Å². The summed E-state index contributed by atoms with van der Waals surface area (Å²) in [6.07, 6.45) is -0.325. The Morgan fingerprint density at radius 2 is 1.10 bits per heavy atom. The molecule has 4 N–H and O–H groups in total. The highest BCUT2D eigenvalue weighted by Crippen LogP contribution is 2.51. The predicted molar refractivity (Wildman–Crippen MR) is 190 cm³/mol. The van der Waals surface area contributed by atoms with Crippen molar-refractivity contribution in [3.63, 3.8) is 0 Å². The van der Waals surface area contributed by atoms with E-state index in [1.165, 1.54) is 9.36 Å². The Morgan fingerprint density at radius 1 is 0.770 bits per heavy atom. The molecule has 0 amide bonds. The Balaban J connectivity index is 0.000000175. The monoisotopic (exact) mass is 934 g/mol. The summed E-state index contributed by atoms with van der Waals surface area (Å²) in [5, 5.41) is 42.6. The molecule has 4 saturated heterocycles. The van der Waals surface area contributed by atoms with Crippen LogP contribution in [-0.4, -0.2) is 143 Å². The number of thioether (sulfide) groups is 2. The normalized spacial score (nSPS) is 24.7. The number of aromatic nitrogens is 6. The first kappa shape index (κ1) is 47.3. The summed E-state index contributed by atoms with van der Waals surface area (Å²) in [5.41, 5.74) is -5.03. The minimum Gasteiger partial charge on any atom is -0.741 e. The molecule has 0 aromatic carbocycles. The van der Waals surface area contributed by atoms with Gasteiger partial charge in [0.15, 0.2) is 10.1 Å². The van der Waals surface area contributed by atoms with Crippen molar-refractivity contribution < 1.29 is 87.7 Å². The number of alkyl halides is 6. The van der Waals surface area contributed by atoms with Gasteiger partial charge in [-0.25, -0.2) is 27.1 Å². The quantitative estimate of drug-likeness (QED) is 0.101. The molecular weight excluding hydrogens is 899 g/mol. The van der Waals surface area contributed by atoms with Gasteiger partial charge in [-0.15, -0.1) is 9.36 Å². The van der Waals surface area contributed by atoms with E-state index < -0.39 is 39.7 Å². The average molecular weight is 935 g/mol. The van der Waals surface area contributed by atoms with Crippen LogP contribution in [0.15, 0.2) is 33.9 Å². The van der Waals surface area contributed by atoms with Gasteiger partial charge in [0, 0.05) is 57.0 Å². The highest BCUT2D eigenvalue weighted by molar-refractivity contribution is 8.17. The van der Waals surface area contributed by atoms with E-state index >= 15 is 0 Å². The smallest absolute Gasteiger partial charge is 0.485 e. The maximum Gasteiger partial charge on any atom is 0.485 e. The summed E-state index contributed by atoms with van der Waals surface area (Å²) in [6, 6.07) is 1.05. The fraction of sp³-hybridized carbons (Fsp3) is 0.581. The van der Waals surface area contributed by atoms with Crippen LogP contribution < -0.4 is 24.9 Å². The van der Waals surface area contributed by atoms with Gasteiger partial charge in [-0.2, -0.15) is 26.3 Å². The number of aryl methyl sites for hydroxylation is 4. The van der Waals surface area contributed by atoms with E-state index in [0.717, 1.165) is 49.5 Å². The number of hydrogen-bond acceptors (Lipinski definition) is 17. The van der Waals surface area contributed by atoms with Gasteiger partial charge in [-0.3, -0.25) is 9.59 Å². The molecule has 2 aromatic heterocycles. The zero-order chi connectivity index (χ0) is 45.7. The minimum absolute atomic E-state index is 0.133. The van der Waals surface area contributed by atoms with Crippen LogP contribution >= 0.6 is 23.5 Å². The molecule has 4 fully saturated rings. The van der Waals surface area contributed by atoms with Crippen molar-refractivity contribution in [1.82, 2.24) is 40.0 Å². The molecule has 336 valence electrons. The van der Waals surface area contributed by atoms with Crippen molar-refractivity contribution >= 4 is 61.8 Å². The Labute approximate surface area is 349 Å². The molecule has 0 aliphatic carbocycles. The number of nitrogens with one attached hydrogen (secondary N) is 2. The van der Waals surface area contributed by atoms with Crippen LogP contribution in [0.2, 0.25) is 0 Å². The van der Waals surface area contributed by atoms with Crippen molar-refractivity contribution in [2.24, 2.45) is 40.0 Å². The minimum atomic E-state index is -6.09. The van der Waals surface area contributed by atoms with E-state index in [9.17, 15) is 55.7 Å². The first-order valence-electron chi connectivity index (χ1n) is 17.6. The summed E-state index contributed by atoms with van der Waals surface area (Å²) in [4.78, 5) is 62.9. The second-order valence-electron chi connectivity index (χ2n) is 14.1. The molecule has 6 aliphatic heterocycles. The molecule has 61 heavy (non-hydrogen) atoms. The second kappa shape index (κ2) is 17.5. The van der Waals surface area contributed by atoms with Crippen molar-refractivity contribution in [3.05, 3.63) is 45.5 Å². The molecule has 0 saturated carbocycles. The third-order valence-electron chi connectivity index (χ3n) is 10.4. The maximum atomic E-state index is 12.7. The van der Waals surface area contributed by atoms with Crippen molar-refractivity contribution in [2.45, 2.75) is 48.7 Å². The standard InChI is InChI=1S/2C14H17N5O3S.C2HF3O2.CHF3O3S/c2*1-17-6-16-18(2)12(17)14(22)23-11-7-3-4-15-8-5-19(9(7)8)10(11)13(20)21;3-2(4,5)1(6)7;2-1(3,4)8(5,6)7/h2*6-9,15H,3-5H2,1-2H3;(H,6,7);(H,5,6,7)/t7?,8-,9+;;;/m0.../s1. The molecule has 8 heterocycles. The Hall–Kier alpha value is -4.78. The van der Waals surface area contributed by atoms with Gasteiger partial charge in [0.2, 0.25) is 0 Å². The van der Waals surface area contributed by atoms with Crippen LogP contribution in [0.4, 0.5) is 26.3 Å². The SMILES string of the molecule is Cn1nc[n+](C)c1C(=O)SC1=C(C(=O)O)N2CC3NCCC1C32.Cn1nc[n+](C)c1C(=O)SC1=C(C(=O)O)N2C[C@@H]3NCCC1[C@H]32.O=C([O-])C(F)(F)F.O=S(=O)([O-])C(F)(F)F. The molecule has 2 aromatic rings. The molecule has 8 rings (SSSR count). The lowest BCUT2D eigenvalue weighted by molar-refractivity contribution is -0.673. The molecule has 6 aliphatic rings. The number of carboxylic acids is 3. The summed E-state index contributed by atoms with van der Waals surface area (Å²) in [5.74, 6) is -3.72. The number of carbonyl (C=O) groups excluding carboxylic acids is 3. The first-order chi connectivity index (χ1) is 28.2. The molecule has 21 nitrogen and oxygen atoms in total. The maximum absolute atomic E-state index is 12.7. The fourth-order valence-corrected chi connectivity index (χ4v) is 10.4. The average Bonchev–Trinajstić information content (AvgIpc) is 3.82. The van der Waals surface area contributed by atoms with Crippen molar-refractivity contribution in [3.8, 4) is 0 Å². The zero-order valence-corrected chi connectivity index (χ0v) is 34.4. The lowest BCUT2D eigenvalue weighted by Crippen LogP contribution is -2.68. The van der Waals surface area contributed by atoms with E-state index in [1.54, 1.807) is 50.0 Å². The van der Waals surface area contributed by atoms with Crippen LogP contribution in [0.1, 0.15) is 34.1 Å². The summed E-state index contributed by atoms with van der Waals surface area (Å²) >= 11 is 2.11. The summed E-state index contributed by atoms with van der Waals surface area (Å²) in [7, 11) is 0.851. The number of carboxylic acid groups (broad SMARTS) is 3. The summed E-state index contributed by atoms with van der Waals surface area (Å²) in [6.45, 7) is 3.15. The van der Waals surface area contributed by atoms with Gasteiger partial charge in [-0.1, -0.05) is 0 Å². The number of rotatable bonds is 6. The number of aliphatic carboxylic acids is 3. The van der Waals surface area contributed by atoms with E-state index in [1.807, 2.05) is 9.80 Å². The molecule has 30 heteroatoms. The lowest BCUT2D eigenvalue weighted by atomic mass is 9.83. The lowest BCUT2D eigenvalue weighted by Gasteiger charge is -2.51. The zero-order valence-electron chi connectivity index (χ0n) is 32.0. The van der Waals surface area contributed by atoms with E-state index in [-0.39, 0.29) is 34.2 Å².